The summed E-state index contributed by atoms with van der Waals surface area (Å²) in [6.45, 7) is 4.20. The fourth-order valence-corrected chi connectivity index (χ4v) is 6.34. The minimum atomic E-state index is -4.20. The van der Waals surface area contributed by atoms with Gasteiger partial charge < -0.3 is 0 Å². The summed E-state index contributed by atoms with van der Waals surface area (Å²) >= 11 is -1.49. The van der Waals surface area contributed by atoms with Gasteiger partial charge in [-0.25, -0.2) is 0 Å². The Kier molecular flexibility index (Phi) is 4.99. The van der Waals surface area contributed by atoms with Gasteiger partial charge in [-0.15, -0.1) is 0 Å². The Morgan fingerprint density at radius 3 is 2.12 bits per heavy atom. The molecule has 0 bridgehead atoms. The second kappa shape index (κ2) is 5.82. The van der Waals surface area contributed by atoms with Gasteiger partial charge in [0.1, 0.15) is 0 Å². The third kappa shape index (κ3) is 3.59. The molecule has 1 aromatic carbocycles. The predicted octanol–water partition coefficient (Wildman–Crippen LogP) is 4.32. The molecule has 0 nitrogen and oxygen atoms in total. The van der Waals surface area contributed by atoms with Crippen molar-refractivity contribution in [2.24, 2.45) is 0 Å². The average Bonchev–Trinajstić information content (AvgIpc) is 2.25. The molecule has 0 saturated carbocycles. The molecule has 0 spiro atoms. The van der Waals surface area contributed by atoms with Crippen LogP contribution in [0.5, 0.6) is 0 Å². The maximum absolute atomic E-state index is 12.7. The van der Waals surface area contributed by atoms with E-state index in [2.05, 4.69) is 13.8 Å². The SMILES string of the molecule is C[CH2][Ga]([CH2]C)[CH2]c1ccccc1C(F)(F)F. The summed E-state index contributed by atoms with van der Waals surface area (Å²) in [4.78, 5) is 2.92. The number of benzene rings is 1. The second-order valence-corrected chi connectivity index (χ2v) is 12.0. The Morgan fingerprint density at radius 1 is 1.06 bits per heavy atom. The van der Waals surface area contributed by atoms with Crippen molar-refractivity contribution in [3.05, 3.63) is 35.4 Å². The molecule has 0 aliphatic heterocycles. The zero-order chi connectivity index (χ0) is 12.2. The van der Waals surface area contributed by atoms with Crippen LogP contribution < -0.4 is 0 Å². The van der Waals surface area contributed by atoms with E-state index in [1.807, 2.05) is 0 Å². The van der Waals surface area contributed by atoms with Crippen molar-refractivity contribution in [2.75, 3.05) is 0 Å². The Labute approximate surface area is 99.9 Å². The van der Waals surface area contributed by atoms with Crippen molar-refractivity contribution < 1.29 is 13.2 Å². The van der Waals surface area contributed by atoms with Crippen molar-refractivity contribution >= 4 is 16.2 Å². The molecule has 4 heteroatoms. The molecule has 0 amide bonds. The van der Waals surface area contributed by atoms with Gasteiger partial charge in [-0.2, -0.15) is 0 Å². The molecule has 0 fully saturated rings. The zero-order valence-corrected chi connectivity index (χ0v) is 12.1. The zero-order valence-electron chi connectivity index (χ0n) is 9.64. The van der Waals surface area contributed by atoms with Crippen LogP contribution in [0.2, 0.25) is 9.95 Å². The molecular formula is C12H16F3Ga. The molecule has 0 atom stereocenters. The summed E-state index contributed by atoms with van der Waals surface area (Å²) in [5, 5.41) is 0. The third-order valence-electron chi connectivity index (χ3n) is 2.99. The summed E-state index contributed by atoms with van der Waals surface area (Å²) in [5.41, 5.74) is 0.0659. The Bertz CT molecular complexity index is 329. The predicted molar refractivity (Wildman–Crippen MR) is 61.9 cm³/mol. The molecule has 0 unspecified atom stereocenters. The fourth-order valence-electron chi connectivity index (χ4n) is 1.86. The molecule has 88 valence electrons. The van der Waals surface area contributed by atoms with Crippen LogP contribution in [-0.2, 0) is 11.2 Å². The van der Waals surface area contributed by atoms with Crippen LogP contribution in [0.1, 0.15) is 25.0 Å². The van der Waals surface area contributed by atoms with Gasteiger partial charge in [0.05, 0.1) is 0 Å². The summed E-state index contributed by atoms with van der Waals surface area (Å²) in [7, 11) is 0. The van der Waals surface area contributed by atoms with Crippen molar-refractivity contribution in [3.63, 3.8) is 0 Å². The van der Waals surface area contributed by atoms with Crippen LogP contribution in [0.25, 0.3) is 0 Å². The number of hydrogen-bond donors (Lipinski definition) is 0. The van der Waals surface area contributed by atoms with Crippen LogP contribution in [0, 0.1) is 0 Å². The van der Waals surface area contributed by atoms with Crippen molar-refractivity contribution in [1.29, 1.82) is 0 Å². The number of halogens is 3. The van der Waals surface area contributed by atoms with Crippen LogP contribution in [0.4, 0.5) is 13.2 Å². The summed E-state index contributed by atoms with van der Waals surface area (Å²) in [6, 6.07) is 5.99. The van der Waals surface area contributed by atoms with Gasteiger partial charge in [0.15, 0.2) is 0 Å². The molecule has 0 aliphatic rings. The second-order valence-electron chi connectivity index (χ2n) is 4.04. The third-order valence-corrected chi connectivity index (χ3v) is 9.97. The maximum atomic E-state index is 12.7. The molecular weight excluding hydrogens is 271 g/mol. The van der Waals surface area contributed by atoms with E-state index in [9.17, 15) is 13.2 Å². The van der Waals surface area contributed by atoms with Crippen LogP contribution in [0.3, 0.4) is 0 Å². The Balaban J connectivity index is 2.95. The normalized spacial score (nSPS) is 11.6. The summed E-state index contributed by atoms with van der Waals surface area (Å²) < 4.78 is 38.2. The van der Waals surface area contributed by atoms with E-state index in [1.165, 1.54) is 12.1 Å². The monoisotopic (exact) mass is 286 g/mol. The van der Waals surface area contributed by atoms with E-state index in [1.54, 1.807) is 12.1 Å². The van der Waals surface area contributed by atoms with Gasteiger partial charge in [-0.3, -0.25) is 0 Å². The molecule has 16 heavy (non-hydrogen) atoms. The molecule has 0 heterocycles. The Hall–Kier alpha value is -0.354. The summed E-state index contributed by atoms with van der Waals surface area (Å²) in [6.07, 6.45) is -4.20. The molecule has 0 N–H and O–H groups in total. The average molecular weight is 287 g/mol. The molecule has 0 aromatic heterocycles. The minimum absolute atomic E-state index is 0.437. The van der Waals surface area contributed by atoms with E-state index in [4.69, 9.17) is 0 Å². The van der Waals surface area contributed by atoms with E-state index in [-0.39, 0.29) is 0 Å². The molecule has 1 aromatic rings. The number of hydrogen-bond acceptors (Lipinski definition) is 0. The first-order valence-electron chi connectivity index (χ1n) is 5.64. The van der Waals surface area contributed by atoms with E-state index < -0.39 is 28.0 Å². The number of alkyl halides is 3. The summed E-state index contributed by atoms with van der Waals surface area (Å²) in [5.74, 6) is 0. The van der Waals surface area contributed by atoms with Gasteiger partial charge in [-0.05, 0) is 0 Å². The standard InChI is InChI=1S/C8H6F3.2C2H5.Ga/c1-6-4-2-3-5-7(6)8(9,10)11;2*1-2;/h2-5H,1H2;2*1H2,2H3;. The molecule has 0 saturated heterocycles. The van der Waals surface area contributed by atoms with Gasteiger partial charge in [0.25, 0.3) is 0 Å². The quantitative estimate of drug-likeness (QED) is 0.723. The first-order chi connectivity index (χ1) is 7.49. The van der Waals surface area contributed by atoms with Crippen molar-refractivity contribution in [1.82, 2.24) is 0 Å². The first-order valence-corrected chi connectivity index (χ1v) is 10.8. The van der Waals surface area contributed by atoms with E-state index in [0.29, 0.717) is 10.5 Å². The van der Waals surface area contributed by atoms with Crippen LogP contribution >= 0.6 is 0 Å². The first kappa shape index (κ1) is 13.7. The Morgan fingerprint density at radius 2 is 1.62 bits per heavy atom. The van der Waals surface area contributed by atoms with Crippen LogP contribution in [-0.4, -0.2) is 16.2 Å². The van der Waals surface area contributed by atoms with Crippen LogP contribution in [0.15, 0.2) is 24.3 Å². The van der Waals surface area contributed by atoms with Crippen molar-refractivity contribution in [3.8, 4) is 0 Å². The van der Waals surface area contributed by atoms with Gasteiger partial charge in [0, 0.05) is 0 Å². The number of rotatable bonds is 4. The molecule has 0 radical (unpaired) electrons. The van der Waals surface area contributed by atoms with E-state index >= 15 is 0 Å². The topological polar surface area (TPSA) is 0 Å². The van der Waals surface area contributed by atoms with E-state index in [0.717, 1.165) is 9.95 Å². The fraction of sp³-hybridized carbons (Fsp3) is 0.500. The van der Waals surface area contributed by atoms with Gasteiger partial charge in [-0.1, -0.05) is 0 Å². The molecule has 1 rings (SSSR count). The van der Waals surface area contributed by atoms with Gasteiger partial charge >= 0.3 is 99.7 Å². The van der Waals surface area contributed by atoms with Crippen molar-refractivity contribution in [2.45, 2.75) is 34.9 Å². The molecule has 0 aliphatic carbocycles. The van der Waals surface area contributed by atoms with Gasteiger partial charge in [0.2, 0.25) is 0 Å².